The third-order valence-electron chi connectivity index (χ3n) is 4.10. The summed E-state index contributed by atoms with van der Waals surface area (Å²) in [6.07, 6.45) is 2.98. The SMILES string of the molecule is CCN1CC(C(C)(C)C)C2(CC2)C1. The number of hydrogen-bond donors (Lipinski definition) is 0. The van der Waals surface area contributed by atoms with Gasteiger partial charge in [0.05, 0.1) is 0 Å². The van der Waals surface area contributed by atoms with Crippen LogP contribution in [0.3, 0.4) is 0 Å². The molecule has 0 amide bonds. The van der Waals surface area contributed by atoms with Crippen molar-refractivity contribution in [2.45, 2.75) is 40.5 Å². The molecule has 1 saturated heterocycles. The minimum atomic E-state index is 0.514. The van der Waals surface area contributed by atoms with E-state index in [1.165, 1.54) is 32.5 Å². The Morgan fingerprint density at radius 2 is 1.92 bits per heavy atom. The van der Waals surface area contributed by atoms with E-state index in [1.54, 1.807) is 0 Å². The Morgan fingerprint density at radius 3 is 2.23 bits per heavy atom. The van der Waals surface area contributed by atoms with E-state index in [-0.39, 0.29) is 0 Å². The topological polar surface area (TPSA) is 3.24 Å². The number of rotatable bonds is 1. The molecule has 0 radical (unpaired) electrons. The summed E-state index contributed by atoms with van der Waals surface area (Å²) in [6, 6.07) is 0. The van der Waals surface area contributed by atoms with Crippen LogP contribution in [0.4, 0.5) is 0 Å². The van der Waals surface area contributed by atoms with E-state index in [0.717, 1.165) is 11.3 Å². The van der Waals surface area contributed by atoms with Crippen molar-refractivity contribution in [2.24, 2.45) is 16.7 Å². The van der Waals surface area contributed by atoms with Crippen molar-refractivity contribution in [3.8, 4) is 0 Å². The van der Waals surface area contributed by atoms with Crippen LogP contribution in [0.5, 0.6) is 0 Å². The Balaban J connectivity index is 2.12. The minimum Gasteiger partial charge on any atom is -0.303 e. The summed E-state index contributed by atoms with van der Waals surface area (Å²) in [7, 11) is 0. The standard InChI is InChI=1S/C12H23N/c1-5-13-8-10(11(2,3)4)12(9-13)6-7-12/h10H,5-9H2,1-4H3. The lowest BCUT2D eigenvalue weighted by molar-refractivity contribution is 0.184. The van der Waals surface area contributed by atoms with Gasteiger partial charge in [-0.3, -0.25) is 0 Å². The van der Waals surface area contributed by atoms with Crippen molar-refractivity contribution in [3.05, 3.63) is 0 Å². The molecule has 0 bridgehead atoms. The molecule has 1 saturated carbocycles. The van der Waals surface area contributed by atoms with Crippen LogP contribution in [0.15, 0.2) is 0 Å². The molecule has 1 spiro atoms. The van der Waals surface area contributed by atoms with Crippen molar-refractivity contribution in [2.75, 3.05) is 19.6 Å². The van der Waals surface area contributed by atoms with Gasteiger partial charge in [0.15, 0.2) is 0 Å². The fraction of sp³-hybridized carbons (Fsp3) is 1.00. The molecular formula is C12H23N. The van der Waals surface area contributed by atoms with Crippen LogP contribution in [-0.2, 0) is 0 Å². The average molecular weight is 181 g/mol. The Hall–Kier alpha value is -0.0400. The minimum absolute atomic E-state index is 0.514. The first-order chi connectivity index (χ1) is 5.98. The van der Waals surface area contributed by atoms with Gasteiger partial charge in [0.1, 0.15) is 0 Å². The van der Waals surface area contributed by atoms with Crippen molar-refractivity contribution < 1.29 is 0 Å². The summed E-state index contributed by atoms with van der Waals surface area (Å²) in [5, 5.41) is 0. The van der Waals surface area contributed by atoms with Crippen LogP contribution in [0, 0.1) is 16.7 Å². The smallest absolute Gasteiger partial charge is 0.00413 e. The van der Waals surface area contributed by atoms with Gasteiger partial charge < -0.3 is 4.90 Å². The van der Waals surface area contributed by atoms with Crippen molar-refractivity contribution in [3.63, 3.8) is 0 Å². The Bertz CT molecular complexity index is 198. The molecule has 1 atom stereocenters. The van der Waals surface area contributed by atoms with Gasteiger partial charge in [-0.2, -0.15) is 0 Å². The lowest BCUT2D eigenvalue weighted by Gasteiger charge is -2.31. The molecule has 1 nitrogen and oxygen atoms in total. The molecule has 2 fully saturated rings. The highest BCUT2D eigenvalue weighted by atomic mass is 15.2. The van der Waals surface area contributed by atoms with Gasteiger partial charge in [0, 0.05) is 13.1 Å². The monoisotopic (exact) mass is 181 g/mol. The third-order valence-corrected chi connectivity index (χ3v) is 4.10. The van der Waals surface area contributed by atoms with Crippen LogP contribution in [0.1, 0.15) is 40.5 Å². The van der Waals surface area contributed by atoms with E-state index in [2.05, 4.69) is 32.6 Å². The normalized spacial score (nSPS) is 32.8. The van der Waals surface area contributed by atoms with Crippen LogP contribution >= 0.6 is 0 Å². The van der Waals surface area contributed by atoms with E-state index in [9.17, 15) is 0 Å². The van der Waals surface area contributed by atoms with Crippen molar-refractivity contribution >= 4 is 0 Å². The zero-order chi connectivity index (χ0) is 9.69. The second kappa shape index (κ2) is 2.73. The predicted molar refractivity (Wildman–Crippen MR) is 56.7 cm³/mol. The molecular weight excluding hydrogens is 158 g/mol. The fourth-order valence-electron chi connectivity index (χ4n) is 3.17. The molecule has 0 aromatic heterocycles. The van der Waals surface area contributed by atoms with Crippen LogP contribution < -0.4 is 0 Å². The molecule has 0 aromatic rings. The van der Waals surface area contributed by atoms with Gasteiger partial charge in [0.25, 0.3) is 0 Å². The molecule has 76 valence electrons. The van der Waals surface area contributed by atoms with Crippen molar-refractivity contribution in [1.82, 2.24) is 4.90 Å². The van der Waals surface area contributed by atoms with E-state index in [1.807, 2.05) is 0 Å². The highest BCUT2D eigenvalue weighted by Gasteiger charge is 2.57. The molecule has 1 unspecified atom stereocenters. The summed E-state index contributed by atoms with van der Waals surface area (Å²) in [6.45, 7) is 13.5. The Morgan fingerprint density at radius 1 is 1.31 bits per heavy atom. The van der Waals surface area contributed by atoms with Gasteiger partial charge in [-0.1, -0.05) is 27.7 Å². The molecule has 0 N–H and O–H groups in total. The fourth-order valence-corrected chi connectivity index (χ4v) is 3.17. The number of nitrogens with zero attached hydrogens (tertiary/aromatic N) is 1. The summed E-state index contributed by atoms with van der Waals surface area (Å²) in [5.74, 6) is 0.944. The van der Waals surface area contributed by atoms with E-state index >= 15 is 0 Å². The molecule has 1 aliphatic carbocycles. The maximum atomic E-state index is 2.64. The first-order valence-electron chi connectivity index (χ1n) is 5.70. The zero-order valence-electron chi connectivity index (χ0n) is 9.56. The Kier molecular flexibility index (Phi) is 1.99. The summed E-state index contributed by atoms with van der Waals surface area (Å²) in [5.41, 5.74) is 1.26. The number of likely N-dealkylation sites (tertiary alicyclic amines) is 1. The maximum absolute atomic E-state index is 2.64. The summed E-state index contributed by atoms with van der Waals surface area (Å²) < 4.78 is 0. The zero-order valence-corrected chi connectivity index (χ0v) is 9.56. The lowest BCUT2D eigenvalue weighted by atomic mass is 9.73. The second-order valence-corrected chi connectivity index (χ2v) is 6.11. The molecule has 1 heteroatoms. The summed E-state index contributed by atoms with van der Waals surface area (Å²) in [4.78, 5) is 2.64. The predicted octanol–water partition coefficient (Wildman–Crippen LogP) is 2.76. The molecule has 1 heterocycles. The van der Waals surface area contributed by atoms with Crippen LogP contribution in [-0.4, -0.2) is 24.5 Å². The van der Waals surface area contributed by atoms with E-state index in [0.29, 0.717) is 5.41 Å². The molecule has 0 aromatic carbocycles. The maximum Gasteiger partial charge on any atom is 0.00413 e. The molecule has 1 aliphatic heterocycles. The molecule has 13 heavy (non-hydrogen) atoms. The quantitative estimate of drug-likeness (QED) is 0.601. The summed E-state index contributed by atoms with van der Waals surface area (Å²) >= 11 is 0. The highest BCUT2D eigenvalue weighted by molar-refractivity contribution is 5.08. The van der Waals surface area contributed by atoms with Crippen molar-refractivity contribution in [1.29, 1.82) is 0 Å². The highest BCUT2D eigenvalue weighted by Crippen LogP contribution is 2.60. The molecule has 2 aliphatic rings. The van der Waals surface area contributed by atoms with Gasteiger partial charge >= 0.3 is 0 Å². The third kappa shape index (κ3) is 1.52. The van der Waals surface area contributed by atoms with Crippen LogP contribution in [0.25, 0.3) is 0 Å². The first kappa shape index (κ1) is 9.51. The number of hydrogen-bond acceptors (Lipinski definition) is 1. The first-order valence-corrected chi connectivity index (χ1v) is 5.70. The van der Waals surface area contributed by atoms with Gasteiger partial charge in [0.2, 0.25) is 0 Å². The lowest BCUT2D eigenvalue weighted by Crippen LogP contribution is -2.28. The van der Waals surface area contributed by atoms with Crippen LogP contribution in [0.2, 0.25) is 0 Å². The van der Waals surface area contributed by atoms with Gasteiger partial charge in [-0.25, -0.2) is 0 Å². The molecule has 2 rings (SSSR count). The second-order valence-electron chi connectivity index (χ2n) is 6.11. The van der Waals surface area contributed by atoms with E-state index in [4.69, 9.17) is 0 Å². The average Bonchev–Trinajstić information content (AvgIpc) is 2.61. The van der Waals surface area contributed by atoms with E-state index < -0.39 is 0 Å². The van der Waals surface area contributed by atoms with Gasteiger partial charge in [-0.15, -0.1) is 0 Å². The van der Waals surface area contributed by atoms with Gasteiger partial charge in [-0.05, 0) is 36.1 Å². The Labute approximate surface area is 82.5 Å². The largest absolute Gasteiger partial charge is 0.303 e.